The number of halogens is 2. The Morgan fingerprint density at radius 2 is 1.85 bits per heavy atom. The predicted molar refractivity (Wildman–Crippen MR) is 50.6 cm³/mol. The Bertz CT molecular complexity index is 468. The molecule has 0 saturated carbocycles. The van der Waals surface area contributed by atoms with Crippen LogP contribution in [-0.2, 0) is 0 Å². The molecule has 0 fully saturated rings. The minimum absolute atomic E-state index is 0.347. The predicted octanol–water partition coefficient (Wildman–Crippen LogP) is 3.34. The van der Waals surface area contributed by atoms with Gasteiger partial charge in [-0.1, -0.05) is 23.7 Å². The van der Waals surface area contributed by atoms with Gasteiger partial charge >= 0.3 is 0 Å². The second kappa shape index (κ2) is 2.89. The van der Waals surface area contributed by atoms with Crippen LogP contribution in [0.5, 0.6) is 5.75 Å². The van der Waals surface area contributed by atoms with Gasteiger partial charge in [0.15, 0.2) is 11.6 Å². The second-order valence-corrected chi connectivity index (χ2v) is 3.14. The standard InChI is InChI=1S/C10H6ClFO/c11-8-3-1-2-7-6(8)4-5-9(12)10(7)13/h1-5,13H. The number of phenols is 1. The van der Waals surface area contributed by atoms with E-state index in [0.717, 1.165) is 0 Å². The van der Waals surface area contributed by atoms with Crippen LogP contribution in [0.15, 0.2) is 30.3 Å². The molecule has 13 heavy (non-hydrogen) atoms. The Kier molecular flexibility index (Phi) is 1.85. The third-order valence-electron chi connectivity index (χ3n) is 1.93. The second-order valence-electron chi connectivity index (χ2n) is 2.73. The molecule has 0 bridgehead atoms. The van der Waals surface area contributed by atoms with Crippen molar-refractivity contribution >= 4 is 22.4 Å². The van der Waals surface area contributed by atoms with Crippen molar-refractivity contribution in [2.75, 3.05) is 0 Å². The van der Waals surface area contributed by atoms with Gasteiger partial charge in [0, 0.05) is 15.8 Å². The largest absolute Gasteiger partial charge is 0.504 e. The van der Waals surface area contributed by atoms with E-state index in [9.17, 15) is 9.50 Å². The fraction of sp³-hybridized carbons (Fsp3) is 0. The lowest BCUT2D eigenvalue weighted by molar-refractivity contribution is 0.439. The van der Waals surface area contributed by atoms with E-state index in [1.807, 2.05) is 0 Å². The highest BCUT2D eigenvalue weighted by molar-refractivity contribution is 6.35. The van der Waals surface area contributed by atoms with Crippen LogP contribution in [0, 0.1) is 5.82 Å². The molecule has 0 unspecified atom stereocenters. The van der Waals surface area contributed by atoms with Gasteiger partial charge in [-0.3, -0.25) is 0 Å². The monoisotopic (exact) mass is 196 g/mol. The summed E-state index contributed by atoms with van der Waals surface area (Å²) in [6.45, 7) is 0. The van der Waals surface area contributed by atoms with E-state index in [2.05, 4.69) is 0 Å². The van der Waals surface area contributed by atoms with E-state index in [-0.39, 0.29) is 5.75 Å². The van der Waals surface area contributed by atoms with Crippen LogP contribution in [0.4, 0.5) is 4.39 Å². The van der Waals surface area contributed by atoms with Gasteiger partial charge in [0.2, 0.25) is 0 Å². The molecule has 1 N–H and O–H groups in total. The number of hydrogen-bond donors (Lipinski definition) is 1. The lowest BCUT2D eigenvalue weighted by atomic mass is 10.1. The summed E-state index contributed by atoms with van der Waals surface area (Å²) < 4.78 is 12.9. The fourth-order valence-electron chi connectivity index (χ4n) is 1.28. The van der Waals surface area contributed by atoms with Crippen LogP contribution in [-0.4, -0.2) is 5.11 Å². The molecule has 0 saturated heterocycles. The van der Waals surface area contributed by atoms with Gasteiger partial charge in [0.1, 0.15) is 0 Å². The van der Waals surface area contributed by atoms with Crippen molar-refractivity contribution in [3.63, 3.8) is 0 Å². The molecule has 2 aromatic rings. The molecule has 0 aliphatic heterocycles. The van der Waals surface area contributed by atoms with Crippen LogP contribution in [0.1, 0.15) is 0 Å². The Hall–Kier alpha value is -1.28. The third kappa shape index (κ3) is 1.23. The molecule has 0 atom stereocenters. The highest BCUT2D eigenvalue weighted by atomic mass is 35.5. The molecule has 0 spiro atoms. The van der Waals surface area contributed by atoms with E-state index in [1.54, 1.807) is 24.3 Å². The summed E-state index contributed by atoms with van der Waals surface area (Å²) in [4.78, 5) is 0. The number of phenolic OH excluding ortho intramolecular Hbond substituents is 1. The lowest BCUT2D eigenvalue weighted by Crippen LogP contribution is -1.79. The molecule has 0 amide bonds. The summed E-state index contributed by atoms with van der Waals surface area (Å²) in [5.41, 5.74) is 0. The molecule has 1 nitrogen and oxygen atoms in total. The highest BCUT2D eigenvalue weighted by Crippen LogP contribution is 2.31. The van der Waals surface area contributed by atoms with Crippen LogP contribution in [0.3, 0.4) is 0 Å². The summed E-state index contributed by atoms with van der Waals surface area (Å²) in [5.74, 6) is -0.977. The molecular weight excluding hydrogens is 191 g/mol. The molecular formula is C10H6ClFO. The Labute approximate surface area is 79.4 Å². The highest BCUT2D eigenvalue weighted by Gasteiger charge is 2.06. The maximum atomic E-state index is 12.9. The number of aromatic hydroxyl groups is 1. The van der Waals surface area contributed by atoms with Gasteiger partial charge in [0.05, 0.1) is 0 Å². The molecule has 0 aliphatic rings. The van der Waals surface area contributed by atoms with E-state index < -0.39 is 5.82 Å². The van der Waals surface area contributed by atoms with Crippen molar-refractivity contribution in [2.45, 2.75) is 0 Å². The summed E-state index contributed by atoms with van der Waals surface area (Å²) >= 11 is 5.85. The number of fused-ring (bicyclic) bond motifs is 1. The average Bonchev–Trinajstić information content (AvgIpc) is 2.12. The zero-order chi connectivity index (χ0) is 9.42. The molecule has 66 valence electrons. The van der Waals surface area contributed by atoms with Crippen molar-refractivity contribution in [1.82, 2.24) is 0 Å². The molecule has 0 radical (unpaired) electrons. The minimum Gasteiger partial charge on any atom is -0.504 e. The van der Waals surface area contributed by atoms with Gasteiger partial charge in [-0.2, -0.15) is 0 Å². The zero-order valence-electron chi connectivity index (χ0n) is 6.59. The third-order valence-corrected chi connectivity index (χ3v) is 2.26. The van der Waals surface area contributed by atoms with Gasteiger partial charge in [-0.25, -0.2) is 4.39 Å². The Morgan fingerprint density at radius 3 is 2.62 bits per heavy atom. The molecule has 3 heteroatoms. The first kappa shape index (κ1) is 8.32. The maximum Gasteiger partial charge on any atom is 0.165 e. The maximum absolute atomic E-state index is 12.9. The van der Waals surface area contributed by atoms with Crippen molar-refractivity contribution < 1.29 is 9.50 Å². The molecule has 0 aromatic heterocycles. The van der Waals surface area contributed by atoms with Crippen molar-refractivity contribution in [2.24, 2.45) is 0 Å². The summed E-state index contributed by atoms with van der Waals surface area (Å²) in [7, 11) is 0. The number of benzene rings is 2. The van der Waals surface area contributed by atoms with E-state index in [0.29, 0.717) is 15.8 Å². The molecule has 0 aliphatic carbocycles. The smallest absolute Gasteiger partial charge is 0.165 e. The van der Waals surface area contributed by atoms with E-state index in [1.165, 1.54) is 6.07 Å². The van der Waals surface area contributed by atoms with Gasteiger partial charge < -0.3 is 5.11 Å². The Balaban J connectivity index is 2.94. The Morgan fingerprint density at radius 1 is 1.08 bits per heavy atom. The van der Waals surface area contributed by atoms with Crippen LogP contribution in [0.25, 0.3) is 10.8 Å². The van der Waals surface area contributed by atoms with Crippen molar-refractivity contribution in [3.05, 3.63) is 41.2 Å². The summed E-state index contributed by atoms with van der Waals surface area (Å²) in [6.07, 6.45) is 0. The van der Waals surface area contributed by atoms with Gasteiger partial charge in [0.25, 0.3) is 0 Å². The van der Waals surface area contributed by atoms with E-state index >= 15 is 0 Å². The van der Waals surface area contributed by atoms with Crippen molar-refractivity contribution in [3.8, 4) is 5.75 Å². The summed E-state index contributed by atoms with van der Waals surface area (Å²) in [5, 5.41) is 10.9. The molecule has 2 rings (SSSR count). The normalized spacial score (nSPS) is 10.6. The average molecular weight is 197 g/mol. The first-order valence-corrected chi connectivity index (χ1v) is 4.13. The number of hydrogen-bond acceptors (Lipinski definition) is 1. The van der Waals surface area contributed by atoms with E-state index in [4.69, 9.17) is 11.6 Å². The quantitative estimate of drug-likeness (QED) is 0.685. The molecule has 2 aromatic carbocycles. The zero-order valence-corrected chi connectivity index (χ0v) is 7.35. The first-order chi connectivity index (χ1) is 6.20. The summed E-state index contributed by atoms with van der Waals surface area (Å²) in [6, 6.07) is 7.74. The lowest BCUT2D eigenvalue weighted by Gasteiger charge is -2.02. The van der Waals surface area contributed by atoms with Crippen molar-refractivity contribution in [1.29, 1.82) is 0 Å². The topological polar surface area (TPSA) is 20.2 Å². The van der Waals surface area contributed by atoms with Gasteiger partial charge in [-0.15, -0.1) is 0 Å². The number of rotatable bonds is 0. The first-order valence-electron chi connectivity index (χ1n) is 3.76. The van der Waals surface area contributed by atoms with Crippen LogP contribution < -0.4 is 0 Å². The van der Waals surface area contributed by atoms with Crippen LogP contribution >= 0.6 is 11.6 Å². The van der Waals surface area contributed by atoms with Gasteiger partial charge in [-0.05, 0) is 18.2 Å². The minimum atomic E-state index is -0.630. The molecule has 0 heterocycles. The van der Waals surface area contributed by atoms with Crippen LogP contribution in [0.2, 0.25) is 5.02 Å². The fourth-order valence-corrected chi connectivity index (χ4v) is 1.51. The SMILES string of the molecule is Oc1c(F)ccc2c(Cl)cccc12.